The molecule has 0 amide bonds. The van der Waals surface area contributed by atoms with Crippen molar-refractivity contribution in [1.82, 2.24) is 0 Å². The minimum Gasteiger partial charge on any atom is -0.258 e. The Morgan fingerprint density at radius 3 is 2.41 bits per heavy atom. The van der Waals surface area contributed by atoms with E-state index in [0.717, 1.165) is 23.6 Å². The van der Waals surface area contributed by atoms with Crippen molar-refractivity contribution >= 4 is 22.2 Å². The Bertz CT molecular complexity index is 563. The fourth-order valence-electron chi connectivity index (χ4n) is 1.07. The van der Waals surface area contributed by atoms with Crippen molar-refractivity contribution in [3.63, 3.8) is 0 Å². The highest BCUT2D eigenvalue weighted by molar-refractivity contribution is 7.88. The first-order chi connectivity index (χ1) is 7.97. The highest BCUT2D eigenvalue weighted by Gasteiger charge is 2.22. The minimum absolute atomic E-state index is 0.128. The van der Waals surface area contributed by atoms with Gasteiger partial charge in [-0.1, -0.05) is 6.58 Å². The van der Waals surface area contributed by atoms with Gasteiger partial charge >= 0.3 is 0 Å². The Morgan fingerprint density at radius 2 is 1.94 bits per heavy atom. The van der Waals surface area contributed by atoms with E-state index in [1.54, 1.807) is 0 Å². The molecule has 0 aromatic heterocycles. The topological polar surface area (TPSA) is 103 Å². The normalized spacial score (nSPS) is 11.3. The van der Waals surface area contributed by atoms with E-state index in [2.05, 4.69) is 12.3 Å². The summed E-state index contributed by atoms with van der Waals surface area (Å²) in [6.45, 7) is 3.19. The molecule has 0 saturated carbocycles. The maximum absolute atomic E-state index is 11.5. The molecule has 0 bridgehead atoms. The van der Waals surface area contributed by atoms with Crippen LogP contribution in [-0.4, -0.2) is 14.1 Å². The number of nitrogens with zero attached hydrogens (tertiary/aromatic N) is 2. The fourth-order valence-corrected chi connectivity index (χ4v) is 1.89. The molecule has 0 fully saturated rings. The number of hydrogen-bond acceptors (Lipinski definition) is 5. The smallest absolute Gasteiger partial charge is 0.258 e. The molecule has 0 radical (unpaired) electrons. The van der Waals surface area contributed by atoms with E-state index in [1.807, 2.05) is 0 Å². The highest BCUT2D eigenvalue weighted by atomic mass is 32.2. The SMILES string of the molecule is C=C=C[S@](=O)c1ccc([N+](=O)[O-])cc1[N+](=O)[O-]. The van der Waals surface area contributed by atoms with Crippen LogP contribution in [0.1, 0.15) is 0 Å². The molecule has 7 nitrogen and oxygen atoms in total. The monoisotopic (exact) mass is 254 g/mol. The predicted molar refractivity (Wildman–Crippen MR) is 59.9 cm³/mol. The molecule has 8 heteroatoms. The second kappa shape index (κ2) is 5.15. The van der Waals surface area contributed by atoms with Gasteiger partial charge in [0.05, 0.1) is 26.7 Å². The molecule has 0 unspecified atom stereocenters. The Hall–Kier alpha value is -2.31. The Morgan fingerprint density at radius 1 is 1.29 bits per heavy atom. The van der Waals surface area contributed by atoms with Crippen LogP contribution in [0.4, 0.5) is 11.4 Å². The van der Waals surface area contributed by atoms with Gasteiger partial charge in [0, 0.05) is 11.5 Å². The zero-order valence-corrected chi connectivity index (χ0v) is 9.18. The predicted octanol–water partition coefficient (Wildman–Crippen LogP) is 1.91. The molecular weight excluding hydrogens is 248 g/mol. The summed E-state index contributed by atoms with van der Waals surface area (Å²) in [4.78, 5) is 19.5. The van der Waals surface area contributed by atoms with Crippen molar-refractivity contribution in [2.75, 3.05) is 0 Å². The van der Waals surface area contributed by atoms with Crippen LogP contribution in [0, 0.1) is 20.2 Å². The lowest BCUT2D eigenvalue weighted by molar-refractivity contribution is -0.396. The van der Waals surface area contributed by atoms with Gasteiger partial charge in [-0.05, 0) is 6.07 Å². The van der Waals surface area contributed by atoms with E-state index in [9.17, 15) is 24.4 Å². The second-order valence-electron chi connectivity index (χ2n) is 2.79. The Labute approximate surface area is 97.8 Å². The van der Waals surface area contributed by atoms with Crippen LogP contribution in [0.5, 0.6) is 0 Å². The third-order valence-electron chi connectivity index (χ3n) is 1.76. The van der Waals surface area contributed by atoms with Crippen LogP contribution in [0.2, 0.25) is 0 Å². The van der Waals surface area contributed by atoms with Crippen LogP contribution in [0.3, 0.4) is 0 Å². The maximum Gasteiger partial charge on any atom is 0.292 e. The Balaban J connectivity index is 3.41. The molecule has 1 aromatic rings. The lowest BCUT2D eigenvalue weighted by Crippen LogP contribution is -1.98. The molecule has 0 spiro atoms. The van der Waals surface area contributed by atoms with Crippen molar-refractivity contribution in [1.29, 1.82) is 0 Å². The van der Waals surface area contributed by atoms with E-state index in [0.29, 0.717) is 0 Å². The largest absolute Gasteiger partial charge is 0.292 e. The van der Waals surface area contributed by atoms with E-state index < -0.39 is 32.0 Å². The van der Waals surface area contributed by atoms with Gasteiger partial charge in [0.1, 0.15) is 4.90 Å². The highest BCUT2D eigenvalue weighted by Crippen LogP contribution is 2.27. The first-order valence-electron chi connectivity index (χ1n) is 4.16. The fraction of sp³-hybridized carbons (Fsp3) is 0. The maximum atomic E-state index is 11.5. The van der Waals surface area contributed by atoms with Gasteiger partial charge in [-0.2, -0.15) is 0 Å². The first kappa shape index (κ1) is 12.8. The summed E-state index contributed by atoms with van der Waals surface area (Å²) < 4.78 is 11.5. The average Bonchev–Trinajstić information content (AvgIpc) is 2.28. The summed E-state index contributed by atoms with van der Waals surface area (Å²) in [6, 6.07) is 2.90. The number of nitro groups is 2. The number of nitro benzene ring substituents is 2. The van der Waals surface area contributed by atoms with Crippen molar-refractivity contribution in [2.45, 2.75) is 4.90 Å². The van der Waals surface area contributed by atoms with Crippen LogP contribution in [-0.2, 0) is 10.8 Å². The Kier molecular flexibility index (Phi) is 3.86. The summed E-state index contributed by atoms with van der Waals surface area (Å²) in [7, 11) is -1.80. The number of non-ortho nitro benzene ring substituents is 1. The quantitative estimate of drug-likeness (QED) is 0.463. The zero-order chi connectivity index (χ0) is 13.0. The number of hydrogen-bond donors (Lipinski definition) is 0. The van der Waals surface area contributed by atoms with Crippen molar-refractivity contribution < 1.29 is 14.1 Å². The molecule has 0 heterocycles. The summed E-state index contributed by atoms with van der Waals surface area (Å²) in [5, 5.41) is 22.2. The molecule has 0 aliphatic carbocycles. The van der Waals surface area contributed by atoms with Crippen LogP contribution < -0.4 is 0 Å². The molecule has 1 aromatic carbocycles. The van der Waals surface area contributed by atoms with Gasteiger partial charge in [-0.25, -0.2) is 4.21 Å². The third-order valence-corrected chi connectivity index (χ3v) is 2.92. The van der Waals surface area contributed by atoms with Crippen molar-refractivity contribution in [3.05, 3.63) is 56.1 Å². The van der Waals surface area contributed by atoms with Gasteiger partial charge in [0.15, 0.2) is 0 Å². The molecule has 1 rings (SSSR count). The van der Waals surface area contributed by atoms with Crippen LogP contribution in [0.25, 0.3) is 0 Å². The minimum atomic E-state index is -1.80. The molecule has 1 atom stereocenters. The third kappa shape index (κ3) is 2.83. The summed E-state index contributed by atoms with van der Waals surface area (Å²) in [6.07, 6.45) is 0. The number of rotatable bonds is 4. The van der Waals surface area contributed by atoms with Gasteiger partial charge in [0.25, 0.3) is 11.4 Å². The van der Waals surface area contributed by atoms with Crippen LogP contribution >= 0.6 is 0 Å². The van der Waals surface area contributed by atoms with E-state index in [1.165, 1.54) is 0 Å². The van der Waals surface area contributed by atoms with Crippen molar-refractivity contribution in [2.24, 2.45) is 0 Å². The summed E-state index contributed by atoms with van der Waals surface area (Å²) >= 11 is 0. The molecular formula is C9H6N2O5S. The van der Waals surface area contributed by atoms with E-state index in [4.69, 9.17) is 0 Å². The van der Waals surface area contributed by atoms with Crippen molar-refractivity contribution in [3.8, 4) is 0 Å². The second-order valence-corrected chi connectivity index (χ2v) is 4.06. The number of benzene rings is 1. The summed E-state index contributed by atoms with van der Waals surface area (Å²) in [5.74, 6) is 0. The van der Waals surface area contributed by atoms with E-state index in [-0.39, 0.29) is 4.90 Å². The lowest BCUT2D eigenvalue weighted by atomic mass is 10.3. The molecule has 17 heavy (non-hydrogen) atoms. The first-order valence-corrected chi connectivity index (χ1v) is 5.38. The molecule has 0 saturated heterocycles. The van der Waals surface area contributed by atoms with Gasteiger partial charge in [-0.15, -0.1) is 5.73 Å². The van der Waals surface area contributed by atoms with Gasteiger partial charge < -0.3 is 0 Å². The van der Waals surface area contributed by atoms with Gasteiger partial charge in [-0.3, -0.25) is 20.2 Å². The van der Waals surface area contributed by atoms with E-state index >= 15 is 0 Å². The zero-order valence-electron chi connectivity index (χ0n) is 8.36. The standard InChI is InChI=1S/C9H6N2O5S/c1-2-5-17(16)9-4-3-7(10(12)13)6-8(9)11(14)15/h3-6H,1H2/t17-/m0/s1. The molecule has 0 aliphatic rings. The van der Waals surface area contributed by atoms with Crippen LogP contribution in [0.15, 0.2) is 40.8 Å². The molecule has 0 N–H and O–H groups in total. The molecule has 88 valence electrons. The molecule has 0 aliphatic heterocycles. The van der Waals surface area contributed by atoms with Gasteiger partial charge in [0.2, 0.25) is 0 Å². The summed E-state index contributed by atoms with van der Waals surface area (Å²) in [5.41, 5.74) is 1.24. The lowest BCUT2D eigenvalue weighted by Gasteiger charge is -1.98. The average molecular weight is 254 g/mol.